The van der Waals surface area contributed by atoms with Crippen LogP contribution in [0.2, 0.25) is 5.02 Å². The van der Waals surface area contributed by atoms with E-state index in [4.69, 9.17) is 29.6 Å². The molecule has 0 spiro atoms. The molecule has 0 bridgehead atoms. The number of carbonyl (C=O) groups is 1. The predicted octanol–water partition coefficient (Wildman–Crippen LogP) is 2.18. The summed E-state index contributed by atoms with van der Waals surface area (Å²) in [6, 6.07) is 4.34. The summed E-state index contributed by atoms with van der Waals surface area (Å²) < 4.78 is 0. The Morgan fingerprint density at radius 3 is 2.78 bits per heavy atom. The lowest BCUT2D eigenvalue weighted by Crippen LogP contribution is -2.38. The molecule has 0 saturated carbocycles. The van der Waals surface area contributed by atoms with Gasteiger partial charge in [-0.3, -0.25) is 4.79 Å². The van der Waals surface area contributed by atoms with Gasteiger partial charge in [0, 0.05) is 11.6 Å². The Bertz CT molecular complexity index is 465. The fourth-order valence-electron chi connectivity index (χ4n) is 1.56. The smallest absolute Gasteiger partial charge is 0.258 e. The van der Waals surface area contributed by atoms with Crippen molar-refractivity contribution in [2.24, 2.45) is 5.73 Å². The van der Waals surface area contributed by atoms with Gasteiger partial charge < -0.3 is 15.7 Å². The standard InChI is InChI=1S/C12H15ClN2O2S/c1-2-5-15(7-11(14)18)12(17)9-6-8(13)3-4-10(9)16/h3-4,6,16H,2,5,7H2,1H3,(H2,14,18). The normalized spacial score (nSPS) is 10.1. The maximum atomic E-state index is 12.2. The molecule has 6 heteroatoms. The molecular weight excluding hydrogens is 272 g/mol. The van der Waals surface area contributed by atoms with Gasteiger partial charge in [0.25, 0.3) is 5.91 Å². The summed E-state index contributed by atoms with van der Waals surface area (Å²) in [5.74, 6) is -0.432. The van der Waals surface area contributed by atoms with Crippen LogP contribution in [0.1, 0.15) is 23.7 Å². The van der Waals surface area contributed by atoms with Crippen LogP contribution in [0.25, 0.3) is 0 Å². The van der Waals surface area contributed by atoms with Crippen LogP contribution < -0.4 is 5.73 Å². The minimum absolute atomic E-state index is 0.103. The zero-order valence-corrected chi connectivity index (χ0v) is 11.6. The zero-order chi connectivity index (χ0) is 13.7. The first-order valence-corrected chi connectivity index (χ1v) is 6.30. The number of hydrogen-bond acceptors (Lipinski definition) is 3. The highest BCUT2D eigenvalue weighted by Gasteiger charge is 2.19. The van der Waals surface area contributed by atoms with E-state index in [1.54, 1.807) is 0 Å². The minimum Gasteiger partial charge on any atom is -0.507 e. The van der Waals surface area contributed by atoms with Crippen molar-refractivity contribution in [1.82, 2.24) is 4.90 Å². The van der Waals surface area contributed by atoms with Crippen LogP contribution in [0.3, 0.4) is 0 Å². The fourth-order valence-corrected chi connectivity index (χ4v) is 1.89. The summed E-state index contributed by atoms with van der Waals surface area (Å²) in [4.78, 5) is 14.0. The first-order valence-electron chi connectivity index (χ1n) is 5.51. The first-order chi connectivity index (χ1) is 8.45. The maximum absolute atomic E-state index is 12.2. The molecule has 4 nitrogen and oxygen atoms in total. The monoisotopic (exact) mass is 286 g/mol. The molecule has 1 aromatic carbocycles. The number of nitrogens with zero attached hydrogens (tertiary/aromatic N) is 1. The van der Waals surface area contributed by atoms with E-state index in [9.17, 15) is 9.90 Å². The molecule has 0 aliphatic rings. The molecule has 0 saturated heterocycles. The topological polar surface area (TPSA) is 66.6 Å². The maximum Gasteiger partial charge on any atom is 0.258 e. The molecule has 0 aliphatic carbocycles. The van der Waals surface area contributed by atoms with Gasteiger partial charge >= 0.3 is 0 Å². The number of rotatable bonds is 5. The van der Waals surface area contributed by atoms with Crippen molar-refractivity contribution < 1.29 is 9.90 Å². The molecule has 0 aromatic heterocycles. The van der Waals surface area contributed by atoms with Gasteiger partial charge in [-0.25, -0.2) is 0 Å². The summed E-state index contributed by atoms with van der Waals surface area (Å²) in [5, 5.41) is 10.1. The molecule has 98 valence electrons. The second-order valence-corrected chi connectivity index (χ2v) is 4.82. The summed E-state index contributed by atoms with van der Waals surface area (Å²) in [5.41, 5.74) is 5.62. The third kappa shape index (κ3) is 3.85. The van der Waals surface area contributed by atoms with E-state index in [1.165, 1.54) is 23.1 Å². The molecule has 1 amide bonds. The quantitative estimate of drug-likeness (QED) is 0.814. The van der Waals surface area contributed by atoms with Gasteiger partial charge in [-0.15, -0.1) is 0 Å². The zero-order valence-electron chi connectivity index (χ0n) is 10.0. The van der Waals surface area contributed by atoms with Crippen molar-refractivity contribution in [2.45, 2.75) is 13.3 Å². The van der Waals surface area contributed by atoms with Gasteiger partial charge in [-0.05, 0) is 24.6 Å². The van der Waals surface area contributed by atoms with E-state index in [0.29, 0.717) is 11.6 Å². The molecule has 1 aromatic rings. The first kappa shape index (κ1) is 14.7. The van der Waals surface area contributed by atoms with Crippen LogP contribution >= 0.6 is 23.8 Å². The molecule has 0 aliphatic heterocycles. The van der Waals surface area contributed by atoms with Crippen LogP contribution in [0.15, 0.2) is 18.2 Å². The summed E-state index contributed by atoms with van der Waals surface area (Å²) in [6.45, 7) is 2.65. The average Bonchev–Trinajstić information content (AvgIpc) is 2.30. The molecule has 0 unspecified atom stereocenters. The molecule has 1 rings (SSSR count). The van der Waals surface area contributed by atoms with Gasteiger partial charge in [-0.1, -0.05) is 30.7 Å². The molecule has 3 N–H and O–H groups in total. The lowest BCUT2D eigenvalue weighted by atomic mass is 10.1. The Morgan fingerprint density at radius 2 is 2.22 bits per heavy atom. The van der Waals surface area contributed by atoms with E-state index >= 15 is 0 Å². The van der Waals surface area contributed by atoms with Crippen molar-refractivity contribution in [2.75, 3.05) is 13.1 Å². The van der Waals surface area contributed by atoms with Gasteiger partial charge in [0.15, 0.2) is 0 Å². The van der Waals surface area contributed by atoms with Crippen molar-refractivity contribution >= 4 is 34.7 Å². The summed E-state index contributed by atoms with van der Waals surface area (Å²) >= 11 is 10.6. The van der Waals surface area contributed by atoms with E-state index in [0.717, 1.165) is 6.42 Å². The highest BCUT2D eigenvalue weighted by atomic mass is 35.5. The molecule has 0 fully saturated rings. The molecule has 0 atom stereocenters. The van der Waals surface area contributed by atoms with Crippen molar-refractivity contribution in [3.8, 4) is 5.75 Å². The summed E-state index contributed by atoms with van der Waals surface area (Å²) in [6.07, 6.45) is 0.773. The highest BCUT2D eigenvalue weighted by Crippen LogP contribution is 2.23. The Hall–Kier alpha value is -1.33. The van der Waals surface area contributed by atoms with Crippen LogP contribution in [-0.4, -0.2) is 34.0 Å². The summed E-state index contributed by atoms with van der Waals surface area (Å²) in [7, 11) is 0. The largest absolute Gasteiger partial charge is 0.507 e. The lowest BCUT2D eigenvalue weighted by molar-refractivity contribution is 0.0777. The number of aromatic hydroxyl groups is 1. The third-order valence-corrected chi connectivity index (χ3v) is 2.68. The van der Waals surface area contributed by atoms with E-state index in [2.05, 4.69) is 0 Å². The van der Waals surface area contributed by atoms with E-state index in [-0.39, 0.29) is 28.8 Å². The van der Waals surface area contributed by atoms with Gasteiger partial charge in [0.05, 0.1) is 17.1 Å². The van der Waals surface area contributed by atoms with Gasteiger partial charge in [-0.2, -0.15) is 0 Å². The Labute approximate surface area is 116 Å². The predicted molar refractivity (Wildman–Crippen MR) is 76.1 cm³/mol. The number of thiocarbonyl (C=S) groups is 1. The number of phenolic OH excluding ortho intramolecular Hbond substituents is 1. The SMILES string of the molecule is CCCN(CC(N)=S)C(=O)c1cc(Cl)ccc1O. The molecule has 0 heterocycles. The second kappa shape index (κ2) is 6.56. The number of phenols is 1. The molecule has 18 heavy (non-hydrogen) atoms. The van der Waals surface area contributed by atoms with E-state index < -0.39 is 0 Å². The van der Waals surface area contributed by atoms with Crippen molar-refractivity contribution in [3.05, 3.63) is 28.8 Å². The number of amides is 1. The Balaban J connectivity index is 3.01. The minimum atomic E-state index is -0.329. The van der Waals surface area contributed by atoms with Crippen molar-refractivity contribution in [3.63, 3.8) is 0 Å². The highest BCUT2D eigenvalue weighted by molar-refractivity contribution is 7.80. The Kier molecular flexibility index (Phi) is 5.37. The molecule has 0 radical (unpaired) electrons. The number of halogens is 1. The number of hydrogen-bond donors (Lipinski definition) is 2. The van der Waals surface area contributed by atoms with Crippen LogP contribution in [0.4, 0.5) is 0 Å². The van der Waals surface area contributed by atoms with Crippen LogP contribution in [0.5, 0.6) is 5.75 Å². The lowest BCUT2D eigenvalue weighted by Gasteiger charge is -2.22. The Morgan fingerprint density at radius 1 is 1.56 bits per heavy atom. The van der Waals surface area contributed by atoms with Crippen LogP contribution in [0, 0.1) is 0 Å². The van der Waals surface area contributed by atoms with Gasteiger partial charge in [0.1, 0.15) is 5.75 Å². The van der Waals surface area contributed by atoms with Crippen LogP contribution in [-0.2, 0) is 0 Å². The fraction of sp³-hybridized carbons (Fsp3) is 0.333. The van der Waals surface area contributed by atoms with Gasteiger partial charge in [0.2, 0.25) is 0 Å². The number of nitrogens with two attached hydrogens (primary N) is 1. The average molecular weight is 287 g/mol. The third-order valence-electron chi connectivity index (χ3n) is 2.32. The van der Waals surface area contributed by atoms with Crippen molar-refractivity contribution in [1.29, 1.82) is 0 Å². The number of benzene rings is 1. The number of carbonyl (C=O) groups excluding carboxylic acids is 1. The second-order valence-electron chi connectivity index (χ2n) is 3.85. The molecular formula is C12H15ClN2O2S. The van der Waals surface area contributed by atoms with E-state index in [1.807, 2.05) is 6.92 Å².